The molecule has 0 bridgehead atoms. The minimum absolute atomic E-state index is 0.0431. The molecule has 2 amide bonds. The zero-order valence-electron chi connectivity index (χ0n) is 16.0. The lowest BCUT2D eigenvalue weighted by atomic mass is 9.84. The molecule has 4 rings (SSSR count). The minimum atomic E-state index is -0.653. The van der Waals surface area contributed by atoms with Crippen molar-refractivity contribution >= 4 is 11.8 Å². The normalized spacial score (nSPS) is 22.9. The monoisotopic (exact) mass is 366 g/mol. The summed E-state index contributed by atoms with van der Waals surface area (Å²) in [7, 11) is 0. The van der Waals surface area contributed by atoms with Crippen LogP contribution in [0.25, 0.3) is 5.69 Å². The van der Waals surface area contributed by atoms with E-state index in [0.29, 0.717) is 12.1 Å². The number of rotatable bonds is 3. The van der Waals surface area contributed by atoms with Crippen LogP contribution >= 0.6 is 0 Å². The van der Waals surface area contributed by atoms with Gasteiger partial charge in [-0.25, -0.2) is 4.68 Å². The molecule has 0 saturated carbocycles. The summed E-state index contributed by atoms with van der Waals surface area (Å²) >= 11 is 0. The van der Waals surface area contributed by atoms with E-state index in [1.54, 1.807) is 10.9 Å². The highest BCUT2D eigenvalue weighted by Gasteiger charge is 2.53. The molecule has 142 valence electrons. The number of piperidine rings is 1. The number of carbonyl (C=O) groups excluding carboxylic acids is 2. The summed E-state index contributed by atoms with van der Waals surface area (Å²) in [5.41, 5.74) is 0.884. The van der Waals surface area contributed by atoms with E-state index in [1.165, 1.54) is 0 Å². The van der Waals surface area contributed by atoms with Crippen LogP contribution in [0.3, 0.4) is 0 Å². The Bertz CT molecular complexity index is 828. The van der Waals surface area contributed by atoms with Crippen molar-refractivity contribution in [2.45, 2.75) is 51.1 Å². The topological polar surface area (TPSA) is 58.4 Å². The van der Waals surface area contributed by atoms with Crippen LogP contribution < -0.4 is 0 Å². The second kappa shape index (κ2) is 6.83. The standard InChI is InChI=1S/C21H26N4O2/c1-16(2)23-13-3-10-21(20(23)27)11-4-14-24(21)19(26)17-6-8-18(9-7-17)25-15-5-12-22-25/h5-9,12,15-16H,3-4,10-11,13-14H2,1-2H3. The van der Waals surface area contributed by atoms with Crippen molar-refractivity contribution in [1.82, 2.24) is 19.6 Å². The van der Waals surface area contributed by atoms with Crippen LogP contribution in [-0.4, -0.2) is 56.1 Å². The first kappa shape index (κ1) is 17.8. The second-order valence-electron chi connectivity index (χ2n) is 7.79. The third kappa shape index (κ3) is 2.93. The Kier molecular flexibility index (Phi) is 4.50. The van der Waals surface area contributed by atoms with Crippen LogP contribution in [-0.2, 0) is 4.79 Å². The highest BCUT2D eigenvalue weighted by molar-refractivity contribution is 6.00. The van der Waals surface area contributed by atoms with Gasteiger partial charge < -0.3 is 9.80 Å². The van der Waals surface area contributed by atoms with Gasteiger partial charge in [0, 0.05) is 37.1 Å². The number of hydrogen-bond acceptors (Lipinski definition) is 3. The summed E-state index contributed by atoms with van der Waals surface area (Å²) < 4.78 is 1.76. The number of aromatic nitrogens is 2. The summed E-state index contributed by atoms with van der Waals surface area (Å²) in [6.07, 6.45) is 6.97. The maximum atomic E-state index is 13.3. The fourth-order valence-corrected chi connectivity index (χ4v) is 4.50. The van der Waals surface area contributed by atoms with Crippen molar-refractivity contribution in [3.05, 3.63) is 48.3 Å². The highest BCUT2D eigenvalue weighted by atomic mass is 16.2. The molecular weight excluding hydrogens is 340 g/mol. The van der Waals surface area contributed by atoms with Crippen molar-refractivity contribution in [2.24, 2.45) is 0 Å². The molecule has 2 aromatic rings. The third-order valence-corrected chi connectivity index (χ3v) is 5.89. The van der Waals surface area contributed by atoms with Gasteiger partial charge in [-0.15, -0.1) is 0 Å². The number of amides is 2. The Balaban J connectivity index is 1.60. The third-order valence-electron chi connectivity index (χ3n) is 5.89. The Hall–Kier alpha value is -2.63. The first-order valence-corrected chi connectivity index (χ1v) is 9.76. The van der Waals surface area contributed by atoms with Gasteiger partial charge in [0.25, 0.3) is 5.91 Å². The number of benzene rings is 1. The summed E-state index contributed by atoms with van der Waals surface area (Å²) in [6.45, 7) is 5.54. The van der Waals surface area contributed by atoms with Gasteiger partial charge in [0.05, 0.1) is 5.69 Å². The van der Waals surface area contributed by atoms with Gasteiger partial charge in [-0.05, 0) is 69.9 Å². The van der Waals surface area contributed by atoms with Gasteiger partial charge in [-0.2, -0.15) is 5.10 Å². The first-order chi connectivity index (χ1) is 13.0. The lowest BCUT2D eigenvalue weighted by Crippen LogP contribution is -2.62. The average molecular weight is 366 g/mol. The van der Waals surface area contributed by atoms with Gasteiger partial charge in [0.2, 0.25) is 5.91 Å². The molecule has 2 aliphatic rings. The fraction of sp³-hybridized carbons (Fsp3) is 0.476. The molecule has 6 nitrogen and oxygen atoms in total. The molecule has 2 saturated heterocycles. The molecule has 0 aliphatic carbocycles. The second-order valence-corrected chi connectivity index (χ2v) is 7.79. The summed E-state index contributed by atoms with van der Waals surface area (Å²) in [5, 5.41) is 4.21. The van der Waals surface area contributed by atoms with E-state index in [1.807, 2.05) is 60.2 Å². The zero-order chi connectivity index (χ0) is 19.0. The van der Waals surface area contributed by atoms with Crippen molar-refractivity contribution < 1.29 is 9.59 Å². The van der Waals surface area contributed by atoms with Gasteiger partial charge in [-0.1, -0.05) is 0 Å². The van der Waals surface area contributed by atoms with Crippen molar-refractivity contribution in [3.63, 3.8) is 0 Å². The number of carbonyl (C=O) groups is 2. The summed E-state index contributed by atoms with van der Waals surface area (Å²) in [5.74, 6) is 0.0845. The predicted molar refractivity (Wildman–Crippen MR) is 103 cm³/mol. The molecule has 3 heterocycles. The number of hydrogen-bond donors (Lipinski definition) is 0. The van der Waals surface area contributed by atoms with E-state index in [4.69, 9.17) is 0 Å². The van der Waals surface area contributed by atoms with Crippen LogP contribution in [0.4, 0.5) is 0 Å². The molecule has 1 aromatic heterocycles. The quantitative estimate of drug-likeness (QED) is 0.839. The first-order valence-electron chi connectivity index (χ1n) is 9.76. The smallest absolute Gasteiger partial charge is 0.254 e. The van der Waals surface area contributed by atoms with E-state index in [0.717, 1.165) is 37.9 Å². The van der Waals surface area contributed by atoms with Gasteiger partial charge in [-0.3, -0.25) is 9.59 Å². The van der Waals surface area contributed by atoms with Crippen LogP contribution in [0.2, 0.25) is 0 Å². The van der Waals surface area contributed by atoms with E-state index < -0.39 is 5.54 Å². The highest BCUT2D eigenvalue weighted by Crippen LogP contribution is 2.39. The SMILES string of the molecule is CC(C)N1CCCC2(CCCN2C(=O)c2ccc(-n3cccn3)cc2)C1=O. The van der Waals surface area contributed by atoms with Crippen molar-refractivity contribution in [3.8, 4) is 5.69 Å². The Morgan fingerprint density at radius 1 is 1.11 bits per heavy atom. The van der Waals surface area contributed by atoms with Crippen LogP contribution in [0.15, 0.2) is 42.7 Å². The Labute approximate surface area is 159 Å². The molecule has 2 aliphatic heterocycles. The lowest BCUT2D eigenvalue weighted by molar-refractivity contribution is -0.147. The lowest BCUT2D eigenvalue weighted by Gasteiger charge is -2.46. The maximum Gasteiger partial charge on any atom is 0.254 e. The molecule has 1 unspecified atom stereocenters. The van der Waals surface area contributed by atoms with Crippen LogP contribution in [0, 0.1) is 0 Å². The summed E-state index contributed by atoms with van der Waals surface area (Å²) in [6, 6.07) is 9.48. The average Bonchev–Trinajstić information content (AvgIpc) is 3.34. The van der Waals surface area contributed by atoms with Crippen LogP contribution in [0.5, 0.6) is 0 Å². The Morgan fingerprint density at radius 3 is 2.44 bits per heavy atom. The number of likely N-dealkylation sites (tertiary alicyclic amines) is 2. The molecule has 0 N–H and O–H groups in total. The minimum Gasteiger partial charge on any atom is -0.338 e. The molecule has 6 heteroatoms. The Morgan fingerprint density at radius 2 is 1.81 bits per heavy atom. The van der Waals surface area contributed by atoms with Gasteiger partial charge in [0.1, 0.15) is 5.54 Å². The maximum absolute atomic E-state index is 13.3. The van der Waals surface area contributed by atoms with Crippen LogP contribution in [0.1, 0.15) is 49.9 Å². The molecule has 1 aromatic carbocycles. The fourth-order valence-electron chi connectivity index (χ4n) is 4.50. The zero-order valence-corrected chi connectivity index (χ0v) is 16.0. The molecule has 2 fully saturated rings. The molecule has 1 spiro atoms. The molecule has 0 radical (unpaired) electrons. The molecule has 27 heavy (non-hydrogen) atoms. The largest absolute Gasteiger partial charge is 0.338 e. The van der Waals surface area contributed by atoms with Crippen molar-refractivity contribution in [2.75, 3.05) is 13.1 Å². The molecular formula is C21H26N4O2. The predicted octanol–water partition coefficient (Wildman–Crippen LogP) is 2.88. The van der Waals surface area contributed by atoms with E-state index in [9.17, 15) is 9.59 Å². The number of nitrogens with zero attached hydrogens (tertiary/aromatic N) is 4. The summed E-state index contributed by atoms with van der Waals surface area (Å²) in [4.78, 5) is 30.3. The van der Waals surface area contributed by atoms with E-state index in [2.05, 4.69) is 5.10 Å². The van der Waals surface area contributed by atoms with Gasteiger partial charge in [0.15, 0.2) is 0 Å². The van der Waals surface area contributed by atoms with E-state index >= 15 is 0 Å². The van der Waals surface area contributed by atoms with E-state index in [-0.39, 0.29) is 17.9 Å². The van der Waals surface area contributed by atoms with Gasteiger partial charge >= 0.3 is 0 Å². The van der Waals surface area contributed by atoms with Crippen molar-refractivity contribution in [1.29, 1.82) is 0 Å². The molecule has 1 atom stereocenters.